The number of nitrogens with zero attached hydrogens (tertiary/aromatic N) is 2. The van der Waals surface area contributed by atoms with Crippen molar-refractivity contribution < 1.29 is 9.53 Å². The van der Waals surface area contributed by atoms with Gasteiger partial charge in [-0.3, -0.25) is 0 Å². The van der Waals surface area contributed by atoms with Crippen LogP contribution in [0.3, 0.4) is 0 Å². The molecule has 4 heteroatoms. The van der Waals surface area contributed by atoms with Crippen LogP contribution < -0.4 is 0 Å². The molecule has 2 aliphatic rings. The SMILES string of the molecule is COC(=O)C1=C(C2CCN(C)CC2)CCN(C)C1. The maximum atomic E-state index is 11.9. The van der Waals surface area contributed by atoms with Gasteiger partial charge in [-0.05, 0) is 52.4 Å². The summed E-state index contributed by atoms with van der Waals surface area (Å²) in [5, 5.41) is 0. The molecule has 4 nitrogen and oxygen atoms in total. The highest BCUT2D eigenvalue weighted by atomic mass is 16.5. The second-order valence-electron chi connectivity index (χ2n) is 5.56. The van der Waals surface area contributed by atoms with Crippen LogP contribution in [0.1, 0.15) is 19.3 Å². The van der Waals surface area contributed by atoms with Gasteiger partial charge < -0.3 is 14.5 Å². The predicted octanol–water partition coefficient (Wildman–Crippen LogP) is 1.13. The second-order valence-corrected chi connectivity index (χ2v) is 5.56. The van der Waals surface area contributed by atoms with Crippen molar-refractivity contribution in [3.63, 3.8) is 0 Å². The Kier molecular flexibility index (Phi) is 4.40. The third kappa shape index (κ3) is 2.93. The topological polar surface area (TPSA) is 32.8 Å². The van der Waals surface area contributed by atoms with Gasteiger partial charge in [0.05, 0.1) is 12.7 Å². The molecule has 2 heterocycles. The Bertz CT molecular complexity index is 344. The minimum absolute atomic E-state index is 0.129. The summed E-state index contributed by atoms with van der Waals surface area (Å²) < 4.78 is 4.95. The van der Waals surface area contributed by atoms with Gasteiger partial charge >= 0.3 is 5.97 Å². The minimum atomic E-state index is -0.129. The average Bonchev–Trinajstić information content (AvgIpc) is 2.39. The first kappa shape index (κ1) is 13.6. The van der Waals surface area contributed by atoms with Gasteiger partial charge in [-0.15, -0.1) is 0 Å². The zero-order valence-electron chi connectivity index (χ0n) is 11.7. The van der Waals surface area contributed by atoms with E-state index in [1.165, 1.54) is 25.5 Å². The van der Waals surface area contributed by atoms with E-state index in [-0.39, 0.29) is 5.97 Å². The fraction of sp³-hybridized carbons (Fsp3) is 0.786. The van der Waals surface area contributed by atoms with Crippen LogP contribution in [-0.4, -0.2) is 63.2 Å². The molecule has 0 amide bonds. The monoisotopic (exact) mass is 252 g/mol. The summed E-state index contributed by atoms with van der Waals surface area (Å²) in [6.07, 6.45) is 3.38. The van der Waals surface area contributed by atoms with Crippen LogP contribution >= 0.6 is 0 Å². The molecule has 0 saturated carbocycles. The van der Waals surface area contributed by atoms with E-state index in [9.17, 15) is 4.79 Å². The number of carbonyl (C=O) groups excluding carboxylic acids is 1. The molecule has 0 radical (unpaired) electrons. The Hall–Kier alpha value is -0.870. The summed E-state index contributed by atoms with van der Waals surface area (Å²) in [5.74, 6) is 0.458. The number of likely N-dealkylation sites (tertiary alicyclic amines) is 1. The molecule has 0 aromatic rings. The summed E-state index contributed by atoms with van der Waals surface area (Å²) in [6.45, 7) is 4.08. The maximum absolute atomic E-state index is 11.9. The lowest BCUT2D eigenvalue weighted by molar-refractivity contribution is -0.136. The molecule has 18 heavy (non-hydrogen) atoms. The molecule has 2 aliphatic heterocycles. The standard InChI is InChI=1S/C14H24N2O2/c1-15-7-4-11(5-8-15)12-6-9-16(2)10-13(12)14(17)18-3/h11H,4-10H2,1-3H3. The molecule has 0 aliphatic carbocycles. The number of methoxy groups -OCH3 is 1. The molecule has 0 spiro atoms. The van der Waals surface area contributed by atoms with E-state index in [2.05, 4.69) is 23.9 Å². The molecule has 1 fully saturated rings. The minimum Gasteiger partial charge on any atom is -0.466 e. The first-order valence-electron chi connectivity index (χ1n) is 6.79. The van der Waals surface area contributed by atoms with Crippen molar-refractivity contribution in [3.8, 4) is 0 Å². The van der Waals surface area contributed by atoms with E-state index in [0.717, 1.165) is 38.2 Å². The molecule has 1 saturated heterocycles. The lowest BCUT2D eigenvalue weighted by atomic mass is 9.83. The van der Waals surface area contributed by atoms with E-state index in [4.69, 9.17) is 4.74 Å². The quantitative estimate of drug-likeness (QED) is 0.690. The molecule has 0 aromatic carbocycles. The van der Waals surface area contributed by atoms with Crippen LogP contribution in [0.15, 0.2) is 11.1 Å². The summed E-state index contributed by atoms with van der Waals surface area (Å²) in [6, 6.07) is 0. The highest BCUT2D eigenvalue weighted by Gasteiger charge is 2.29. The van der Waals surface area contributed by atoms with Gasteiger partial charge in [0, 0.05) is 13.1 Å². The Morgan fingerprint density at radius 3 is 2.44 bits per heavy atom. The highest BCUT2D eigenvalue weighted by Crippen LogP contribution is 2.31. The Morgan fingerprint density at radius 1 is 1.17 bits per heavy atom. The van der Waals surface area contributed by atoms with Gasteiger partial charge in [0.25, 0.3) is 0 Å². The van der Waals surface area contributed by atoms with Crippen molar-refractivity contribution >= 4 is 5.97 Å². The lowest BCUT2D eigenvalue weighted by Crippen LogP contribution is -2.36. The highest BCUT2D eigenvalue weighted by molar-refractivity contribution is 5.90. The van der Waals surface area contributed by atoms with E-state index < -0.39 is 0 Å². The second kappa shape index (κ2) is 5.85. The third-order valence-corrected chi connectivity index (χ3v) is 4.22. The van der Waals surface area contributed by atoms with E-state index in [1.54, 1.807) is 0 Å². The molecule has 0 atom stereocenters. The average molecular weight is 252 g/mol. The van der Waals surface area contributed by atoms with Crippen molar-refractivity contribution in [1.82, 2.24) is 9.80 Å². The van der Waals surface area contributed by atoms with Gasteiger partial charge in [0.2, 0.25) is 0 Å². The van der Waals surface area contributed by atoms with Crippen LogP contribution in [-0.2, 0) is 9.53 Å². The Labute approximate surface area is 110 Å². The Morgan fingerprint density at radius 2 is 1.83 bits per heavy atom. The number of ether oxygens (including phenoxy) is 1. The summed E-state index contributed by atoms with van der Waals surface area (Å²) in [7, 11) is 5.71. The summed E-state index contributed by atoms with van der Waals surface area (Å²) in [5.41, 5.74) is 2.29. The first-order chi connectivity index (χ1) is 8.61. The van der Waals surface area contributed by atoms with Gasteiger partial charge in [0.15, 0.2) is 0 Å². The molecular weight excluding hydrogens is 228 g/mol. The first-order valence-corrected chi connectivity index (χ1v) is 6.79. The van der Waals surface area contributed by atoms with Gasteiger partial charge in [-0.1, -0.05) is 5.57 Å². The number of esters is 1. The number of hydrogen-bond donors (Lipinski definition) is 0. The van der Waals surface area contributed by atoms with Gasteiger partial charge in [0.1, 0.15) is 0 Å². The van der Waals surface area contributed by atoms with Crippen LogP contribution in [0.25, 0.3) is 0 Å². The van der Waals surface area contributed by atoms with Crippen molar-refractivity contribution in [2.24, 2.45) is 5.92 Å². The number of carbonyl (C=O) groups is 1. The zero-order valence-corrected chi connectivity index (χ0v) is 11.7. The van der Waals surface area contributed by atoms with Crippen LogP contribution in [0.5, 0.6) is 0 Å². The lowest BCUT2D eigenvalue weighted by Gasteiger charge is -2.35. The van der Waals surface area contributed by atoms with Crippen molar-refractivity contribution in [1.29, 1.82) is 0 Å². The van der Waals surface area contributed by atoms with Crippen molar-refractivity contribution in [3.05, 3.63) is 11.1 Å². The fourth-order valence-electron chi connectivity index (χ4n) is 3.04. The van der Waals surface area contributed by atoms with E-state index >= 15 is 0 Å². The largest absolute Gasteiger partial charge is 0.466 e. The molecule has 0 N–H and O–H groups in total. The van der Waals surface area contributed by atoms with Crippen molar-refractivity contribution in [2.45, 2.75) is 19.3 Å². The van der Waals surface area contributed by atoms with Gasteiger partial charge in [-0.25, -0.2) is 4.79 Å². The molecular formula is C14H24N2O2. The zero-order chi connectivity index (χ0) is 13.1. The van der Waals surface area contributed by atoms with Crippen molar-refractivity contribution in [2.75, 3.05) is 47.4 Å². The maximum Gasteiger partial charge on any atom is 0.335 e. The van der Waals surface area contributed by atoms with Gasteiger partial charge in [-0.2, -0.15) is 0 Å². The molecule has 102 valence electrons. The molecule has 0 bridgehead atoms. The summed E-state index contributed by atoms with van der Waals surface area (Å²) in [4.78, 5) is 16.5. The fourth-order valence-corrected chi connectivity index (χ4v) is 3.04. The number of hydrogen-bond acceptors (Lipinski definition) is 4. The smallest absolute Gasteiger partial charge is 0.335 e. The number of piperidine rings is 1. The van der Waals surface area contributed by atoms with Crippen LogP contribution in [0, 0.1) is 5.92 Å². The Balaban J connectivity index is 2.17. The normalized spacial score (nSPS) is 24.4. The predicted molar refractivity (Wildman–Crippen MR) is 71.4 cm³/mol. The molecule has 0 aromatic heterocycles. The molecule has 2 rings (SSSR count). The number of likely N-dealkylation sites (N-methyl/N-ethyl adjacent to an activating group) is 1. The third-order valence-electron chi connectivity index (χ3n) is 4.22. The molecule has 0 unspecified atom stereocenters. The van der Waals surface area contributed by atoms with E-state index in [1.807, 2.05) is 0 Å². The van der Waals surface area contributed by atoms with Crippen LogP contribution in [0.2, 0.25) is 0 Å². The van der Waals surface area contributed by atoms with E-state index in [0.29, 0.717) is 5.92 Å². The number of rotatable bonds is 2. The van der Waals surface area contributed by atoms with Crippen LogP contribution in [0.4, 0.5) is 0 Å². The summed E-state index contributed by atoms with van der Waals surface area (Å²) >= 11 is 0.